The third-order valence-electron chi connectivity index (χ3n) is 15.4. The molecule has 12 rings (SSSR count). The van der Waals surface area contributed by atoms with Crippen LogP contribution in [0.4, 0.5) is 17.1 Å². The van der Waals surface area contributed by atoms with E-state index in [2.05, 4.69) is 260 Å². The molecule has 3 aliphatic rings. The molecule has 3 aliphatic carbocycles. The zero-order chi connectivity index (χ0) is 46.0. The maximum Gasteiger partial charge on any atom is 0.0725 e. The summed E-state index contributed by atoms with van der Waals surface area (Å²) >= 11 is 0. The summed E-state index contributed by atoms with van der Waals surface area (Å²) in [6.45, 7) is 18.8. The van der Waals surface area contributed by atoms with E-state index in [0.29, 0.717) is 0 Å². The second-order valence-electron chi connectivity index (χ2n) is 21.8. The van der Waals surface area contributed by atoms with E-state index in [-0.39, 0.29) is 16.2 Å². The highest BCUT2D eigenvalue weighted by molar-refractivity contribution is 5.96. The van der Waals surface area contributed by atoms with Crippen molar-refractivity contribution in [2.45, 2.75) is 77.0 Å². The summed E-state index contributed by atoms with van der Waals surface area (Å²) in [6.07, 6.45) is 0. The van der Waals surface area contributed by atoms with E-state index < -0.39 is 5.41 Å². The number of nitrogens with zero attached hydrogens (tertiary/aromatic N) is 1. The first-order valence-electron chi connectivity index (χ1n) is 24.1. The predicted molar refractivity (Wildman–Crippen MR) is 283 cm³/mol. The molecular formula is C66H57N. The lowest BCUT2D eigenvalue weighted by Gasteiger charge is -2.33. The smallest absolute Gasteiger partial charge is 0.0725 e. The highest BCUT2D eigenvalue weighted by atomic mass is 15.1. The van der Waals surface area contributed by atoms with Gasteiger partial charge in [-0.25, -0.2) is 0 Å². The standard InChI is InChI=1S/C66H57N/c1-63(2,3)46-27-35-55-56-36-28-47(64(4,5)6)40-62(56)66(61(55)39-46)58-21-15-13-19-52(58)54-34-26-45(38-60(54)66)44-24-31-49(32-25-44)67(48-29-22-43(23-30-48)42-16-10-9-11-17-42)50-33-37-53-51-18-12-14-20-57(51)65(7,8)59(53)41-50/h9-41H,1-8H3. The maximum atomic E-state index is 2.54. The van der Waals surface area contributed by atoms with Crippen LogP contribution in [0, 0.1) is 0 Å². The molecule has 326 valence electrons. The van der Waals surface area contributed by atoms with Gasteiger partial charge in [-0.05, 0) is 153 Å². The zero-order valence-electron chi connectivity index (χ0n) is 40.0. The Bertz CT molecular complexity index is 3360. The monoisotopic (exact) mass is 863 g/mol. The molecule has 0 aromatic heterocycles. The summed E-state index contributed by atoms with van der Waals surface area (Å²) in [5.41, 5.74) is 26.7. The molecule has 0 radical (unpaired) electrons. The maximum absolute atomic E-state index is 2.54. The Balaban J connectivity index is 1.00. The van der Waals surface area contributed by atoms with Crippen LogP contribution in [-0.2, 0) is 21.7 Å². The van der Waals surface area contributed by atoms with E-state index in [1.807, 2.05) is 0 Å². The van der Waals surface area contributed by atoms with E-state index in [1.165, 1.54) is 100 Å². The highest BCUT2D eigenvalue weighted by Gasteiger charge is 2.52. The number of fused-ring (bicyclic) bond motifs is 13. The van der Waals surface area contributed by atoms with Gasteiger partial charge in [-0.2, -0.15) is 0 Å². The molecule has 67 heavy (non-hydrogen) atoms. The molecule has 0 heterocycles. The van der Waals surface area contributed by atoms with Gasteiger partial charge < -0.3 is 4.90 Å². The van der Waals surface area contributed by atoms with E-state index in [0.717, 1.165) is 17.1 Å². The van der Waals surface area contributed by atoms with E-state index in [4.69, 9.17) is 0 Å². The normalized spacial score (nSPS) is 14.5. The molecule has 0 aliphatic heterocycles. The van der Waals surface area contributed by atoms with Crippen LogP contribution in [0.25, 0.3) is 55.6 Å². The van der Waals surface area contributed by atoms with Gasteiger partial charge in [-0.15, -0.1) is 0 Å². The van der Waals surface area contributed by atoms with Gasteiger partial charge in [0, 0.05) is 22.5 Å². The largest absolute Gasteiger partial charge is 0.310 e. The average molecular weight is 864 g/mol. The van der Waals surface area contributed by atoms with Crippen molar-refractivity contribution in [1.29, 1.82) is 0 Å². The summed E-state index contributed by atoms with van der Waals surface area (Å²) < 4.78 is 0. The quantitative estimate of drug-likeness (QED) is 0.167. The first kappa shape index (κ1) is 41.2. The molecule has 1 nitrogen and oxygen atoms in total. The molecule has 0 unspecified atom stereocenters. The summed E-state index contributed by atoms with van der Waals surface area (Å²) in [7, 11) is 0. The van der Waals surface area contributed by atoms with Crippen molar-refractivity contribution in [2.75, 3.05) is 4.90 Å². The molecular weight excluding hydrogens is 807 g/mol. The number of hydrogen-bond acceptors (Lipinski definition) is 1. The topological polar surface area (TPSA) is 3.24 Å². The van der Waals surface area contributed by atoms with Gasteiger partial charge in [0.15, 0.2) is 0 Å². The first-order chi connectivity index (χ1) is 32.2. The van der Waals surface area contributed by atoms with E-state index in [9.17, 15) is 0 Å². The van der Waals surface area contributed by atoms with E-state index >= 15 is 0 Å². The van der Waals surface area contributed by atoms with Gasteiger partial charge in [-0.3, -0.25) is 0 Å². The van der Waals surface area contributed by atoms with Crippen LogP contribution in [0.3, 0.4) is 0 Å². The molecule has 0 atom stereocenters. The van der Waals surface area contributed by atoms with Crippen LogP contribution in [0.1, 0.15) is 99.9 Å². The van der Waals surface area contributed by atoms with Crippen molar-refractivity contribution in [3.63, 3.8) is 0 Å². The number of hydrogen-bond donors (Lipinski definition) is 0. The van der Waals surface area contributed by atoms with Gasteiger partial charge >= 0.3 is 0 Å². The number of benzene rings is 9. The Morgan fingerprint density at radius 3 is 1.25 bits per heavy atom. The number of anilines is 3. The van der Waals surface area contributed by atoms with Crippen molar-refractivity contribution in [3.05, 3.63) is 245 Å². The fraction of sp³-hybridized carbons (Fsp3) is 0.182. The molecule has 0 N–H and O–H groups in total. The van der Waals surface area contributed by atoms with Crippen LogP contribution in [-0.4, -0.2) is 0 Å². The van der Waals surface area contributed by atoms with Crippen LogP contribution in [0.15, 0.2) is 200 Å². The van der Waals surface area contributed by atoms with Gasteiger partial charge in [0.2, 0.25) is 0 Å². The summed E-state index contributed by atoms with van der Waals surface area (Å²) in [6, 6.07) is 76.1. The molecule has 0 saturated carbocycles. The minimum atomic E-state index is -0.446. The Hall–Kier alpha value is -7.22. The molecule has 1 spiro atoms. The predicted octanol–water partition coefficient (Wildman–Crippen LogP) is 17.7. The molecule has 0 bridgehead atoms. The zero-order valence-corrected chi connectivity index (χ0v) is 40.0. The van der Waals surface area contributed by atoms with E-state index in [1.54, 1.807) is 0 Å². The van der Waals surface area contributed by atoms with Crippen molar-refractivity contribution in [1.82, 2.24) is 0 Å². The molecule has 0 fully saturated rings. The Labute approximate surface area is 397 Å². The van der Waals surface area contributed by atoms with Crippen LogP contribution in [0.5, 0.6) is 0 Å². The fourth-order valence-electron chi connectivity index (χ4n) is 11.8. The summed E-state index contributed by atoms with van der Waals surface area (Å²) in [4.78, 5) is 2.43. The van der Waals surface area contributed by atoms with Crippen LogP contribution < -0.4 is 4.90 Å². The molecule has 9 aromatic rings. The van der Waals surface area contributed by atoms with Crippen molar-refractivity contribution in [3.8, 4) is 55.6 Å². The second kappa shape index (κ2) is 14.6. The molecule has 1 heteroatoms. The Morgan fingerprint density at radius 2 is 0.687 bits per heavy atom. The van der Waals surface area contributed by atoms with Crippen LogP contribution in [0.2, 0.25) is 0 Å². The SMILES string of the molecule is CC(C)(C)c1ccc2c(c1)C1(c3ccccc3-c3ccc(-c4ccc(N(c5ccc(-c6ccccc6)cc5)c5ccc6c(c5)C(C)(C)c5ccccc5-6)cc4)cc31)c1cc(C(C)(C)C)ccc1-2. The highest BCUT2D eigenvalue weighted by Crippen LogP contribution is 2.64. The first-order valence-corrected chi connectivity index (χ1v) is 24.1. The number of rotatable bonds is 5. The average Bonchev–Trinajstić information content (AvgIpc) is 3.89. The Kier molecular flexibility index (Phi) is 9.01. The van der Waals surface area contributed by atoms with Gasteiger partial charge in [0.1, 0.15) is 0 Å². The minimum Gasteiger partial charge on any atom is -0.310 e. The third kappa shape index (κ3) is 6.20. The lowest BCUT2D eigenvalue weighted by atomic mass is 9.68. The Morgan fingerprint density at radius 1 is 0.299 bits per heavy atom. The molecule has 9 aromatic carbocycles. The second-order valence-corrected chi connectivity index (χ2v) is 21.8. The van der Waals surface area contributed by atoms with Gasteiger partial charge in [-0.1, -0.05) is 213 Å². The van der Waals surface area contributed by atoms with Crippen LogP contribution >= 0.6 is 0 Å². The summed E-state index contributed by atoms with van der Waals surface area (Å²) in [5.74, 6) is 0. The van der Waals surface area contributed by atoms with Crippen molar-refractivity contribution >= 4 is 17.1 Å². The summed E-state index contributed by atoms with van der Waals surface area (Å²) in [5, 5.41) is 0. The van der Waals surface area contributed by atoms with Gasteiger partial charge in [0.05, 0.1) is 5.41 Å². The molecule has 0 saturated heterocycles. The fourth-order valence-corrected chi connectivity index (χ4v) is 11.8. The third-order valence-corrected chi connectivity index (χ3v) is 15.4. The van der Waals surface area contributed by atoms with Gasteiger partial charge in [0.25, 0.3) is 0 Å². The van der Waals surface area contributed by atoms with Crippen molar-refractivity contribution in [2.24, 2.45) is 0 Å². The molecule has 0 amide bonds. The van der Waals surface area contributed by atoms with Crippen molar-refractivity contribution < 1.29 is 0 Å². The lowest BCUT2D eigenvalue weighted by Crippen LogP contribution is -2.27. The lowest BCUT2D eigenvalue weighted by molar-refractivity contribution is 0.586. The minimum absolute atomic E-state index is 0.00489.